The first-order chi connectivity index (χ1) is 9.58. The highest BCUT2D eigenvalue weighted by atomic mass is 79.9. The first kappa shape index (κ1) is 15.3. The highest BCUT2D eigenvalue weighted by Gasteiger charge is 2.17. The van der Waals surface area contributed by atoms with Crippen molar-refractivity contribution in [2.24, 2.45) is 0 Å². The van der Waals surface area contributed by atoms with E-state index in [1.807, 2.05) is 18.4 Å². The number of halogens is 1. The van der Waals surface area contributed by atoms with E-state index in [9.17, 15) is 4.79 Å². The molecule has 0 fully saturated rings. The molecule has 20 heavy (non-hydrogen) atoms. The number of hydrogen-bond donors (Lipinski definition) is 1. The van der Waals surface area contributed by atoms with Crippen molar-refractivity contribution < 1.29 is 9.53 Å². The van der Waals surface area contributed by atoms with Crippen molar-refractivity contribution in [1.82, 2.24) is 10.2 Å². The van der Waals surface area contributed by atoms with Crippen molar-refractivity contribution in [1.29, 1.82) is 0 Å². The zero-order chi connectivity index (χ0) is 14.5. The normalized spacial score (nSPS) is 11.9. The summed E-state index contributed by atoms with van der Waals surface area (Å²) in [4.78, 5) is 12.0. The molecule has 2 rings (SSSR count). The standard InChI is InChI=1S/C12H12BrN3O2S2/c1-7(18-9-5-3-4-8(13)6-9)10(17)14-11-15-16-12(19-2)20-11/h3-7H,1-2H3,(H,14,15,17). The summed E-state index contributed by atoms with van der Waals surface area (Å²) in [5, 5.41) is 11.0. The van der Waals surface area contributed by atoms with Crippen LogP contribution in [0.1, 0.15) is 6.92 Å². The number of nitrogens with zero attached hydrogens (tertiary/aromatic N) is 2. The van der Waals surface area contributed by atoms with Gasteiger partial charge in [0.15, 0.2) is 10.4 Å². The minimum Gasteiger partial charge on any atom is -0.481 e. The van der Waals surface area contributed by atoms with Gasteiger partial charge < -0.3 is 4.74 Å². The van der Waals surface area contributed by atoms with Gasteiger partial charge in [0.1, 0.15) is 5.75 Å². The maximum atomic E-state index is 12.0. The van der Waals surface area contributed by atoms with Crippen molar-refractivity contribution in [3.05, 3.63) is 28.7 Å². The summed E-state index contributed by atoms with van der Waals surface area (Å²) in [7, 11) is 0. The molecule has 0 saturated carbocycles. The molecule has 0 spiro atoms. The average Bonchev–Trinajstić information content (AvgIpc) is 2.86. The Morgan fingerprint density at radius 1 is 1.50 bits per heavy atom. The molecule has 1 atom stereocenters. The van der Waals surface area contributed by atoms with Gasteiger partial charge in [0.05, 0.1) is 0 Å². The highest BCUT2D eigenvalue weighted by molar-refractivity contribution is 9.10. The topological polar surface area (TPSA) is 64.1 Å². The van der Waals surface area contributed by atoms with Gasteiger partial charge in [-0.2, -0.15) is 0 Å². The van der Waals surface area contributed by atoms with Crippen LogP contribution in [0.2, 0.25) is 0 Å². The zero-order valence-corrected chi connectivity index (χ0v) is 14.0. The largest absolute Gasteiger partial charge is 0.481 e. The van der Waals surface area contributed by atoms with Gasteiger partial charge in [0.2, 0.25) is 5.13 Å². The van der Waals surface area contributed by atoms with E-state index in [2.05, 4.69) is 31.4 Å². The highest BCUT2D eigenvalue weighted by Crippen LogP contribution is 2.23. The first-order valence-electron chi connectivity index (χ1n) is 5.69. The van der Waals surface area contributed by atoms with Gasteiger partial charge in [-0.25, -0.2) is 0 Å². The molecular weight excluding hydrogens is 362 g/mol. The predicted octanol–water partition coefficient (Wildman–Crippen LogP) is 3.43. The molecule has 1 aromatic heterocycles. The molecule has 1 N–H and O–H groups in total. The summed E-state index contributed by atoms with van der Waals surface area (Å²) < 4.78 is 7.28. The molecule has 0 aliphatic rings. The van der Waals surface area contributed by atoms with Gasteiger partial charge in [-0.3, -0.25) is 10.1 Å². The SMILES string of the molecule is CSc1nnc(NC(=O)C(C)Oc2cccc(Br)c2)s1. The number of benzene rings is 1. The fourth-order valence-corrected chi connectivity index (χ4v) is 2.90. The van der Waals surface area contributed by atoms with Crippen molar-refractivity contribution in [3.63, 3.8) is 0 Å². The second kappa shape index (κ2) is 7.05. The summed E-state index contributed by atoms with van der Waals surface area (Å²) in [6, 6.07) is 7.34. The molecule has 1 heterocycles. The molecule has 1 aromatic carbocycles. The Bertz CT molecular complexity index is 606. The van der Waals surface area contributed by atoms with Crippen LogP contribution in [0.15, 0.2) is 33.1 Å². The molecule has 1 unspecified atom stereocenters. The summed E-state index contributed by atoms with van der Waals surface area (Å²) in [5.41, 5.74) is 0. The molecule has 0 aliphatic heterocycles. The van der Waals surface area contributed by atoms with E-state index in [0.717, 1.165) is 8.81 Å². The number of anilines is 1. The predicted molar refractivity (Wildman–Crippen MR) is 84.6 cm³/mol. The minimum atomic E-state index is -0.620. The van der Waals surface area contributed by atoms with Crippen LogP contribution in [0.25, 0.3) is 0 Å². The number of ether oxygens (including phenoxy) is 1. The molecule has 8 heteroatoms. The van der Waals surface area contributed by atoms with Gasteiger partial charge in [0, 0.05) is 4.47 Å². The monoisotopic (exact) mass is 373 g/mol. The third-order valence-electron chi connectivity index (χ3n) is 2.29. The van der Waals surface area contributed by atoms with E-state index < -0.39 is 6.10 Å². The second-order valence-electron chi connectivity index (χ2n) is 3.78. The number of hydrogen-bond acceptors (Lipinski definition) is 6. The summed E-state index contributed by atoms with van der Waals surface area (Å²) in [6.45, 7) is 1.69. The number of thioether (sulfide) groups is 1. The number of carbonyl (C=O) groups excluding carboxylic acids is 1. The molecule has 2 aromatic rings. The van der Waals surface area contributed by atoms with Crippen molar-refractivity contribution >= 4 is 50.1 Å². The quantitative estimate of drug-likeness (QED) is 0.642. The summed E-state index contributed by atoms with van der Waals surface area (Å²) in [5.74, 6) is 0.373. The van der Waals surface area contributed by atoms with Gasteiger partial charge >= 0.3 is 0 Å². The fraction of sp³-hybridized carbons (Fsp3) is 0.250. The Hall–Kier alpha value is -1.12. The molecule has 0 radical (unpaired) electrons. The first-order valence-corrected chi connectivity index (χ1v) is 8.52. The Morgan fingerprint density at radius 3 is 2.95 bits per heavy atom. The molecule has 0 aliphatic carbocycles. The van der Waals surface area contributed by atoms with Crippen LogP contribution < -0.4 is 10.1 Å². The minimum absolute atomic E-state index is 0.256. The average molecular weight is 374 g/mol. The number of rotatable bonds is 5. The van der Waals surface area contributed by atoms with E-state index >= 15 is 0 Å². The van der Waals surface area contributed by atoms with Gasteiger partial charge in [-0.1, -0.05) is 45.1 Å². The number of aromatic nitrogens is 2. The Kier molecular flexibility index (Phi) is 5.38. The number of amides is 1. The second-order valence-corrected chi connectivity index (χ2v) is 6.73. The van der Waals surface area contributed by atoms with Crippen LogP contribution in [0.4, 0.5) is 5.13 Å². The smallest absolute Gasteiger partial charge is 0.266 e. The van der Waals surface area contributed by atoms with Gasteiger partial charge in [-0.15, -0.1) is 10.2 Å². The van der Waals surface area contributed by atoms with Gasteiger partial charge in [-0.05, 0) is 31.4 Å². The third-order valence-corrected chi connectivity index (χ3v) is 4.60. The number of carbonyl (C=O) groups is 1. The Morgan fingerprint density at radius 2 is 2.30 bits per heavy atom. The van der Waals surface area contributed by atoms with Crippen LogP contribution in [-0.2, 0) is 4.79 Å². The van der Waals surface area contributed by atoms with E-state index in [4.69, 9.17) is 4.74 Å². The summed E-state index contributed by atoms with van der Waals surface area (Å²) in [6.07, 6.45) is 1.29. The van der Waals surface area contributed by atoms with Crippen LogP contribution in [0.3, 0.4) is 0 Å². The number of nitrogens with one attached hydrogen (secondary N) is 1. The lowest BCUT2D eigenvalue weighted by Gasteiger charge is -2.13. The van der Waals surface area contributed by atoms with Crippen molar-refractivity contribution in [2.75, 3.05) is 11.6 Å². The van der Waals surface area contributed by atoms with Crippen LogP contribution in [0, 0.1) is 0 Å². The zero-order valence-electron chi connectivity index (χ0n) is 10.8. The van der Waals surface area contributed by atoms with Crippen molar-refractivity contribution in [2.45, 2.75) is 17.4 Å². The van der Waals surface area contributed by atoms with Crippen molar-refractivity contribution in [3.8, 4) is 5.75 Å². The molecule has 5 nitrogen and oxygen atoms in total. The van der Waals surface area contributed by atoms with Crippen LogP contribution in [0.5, 0.6) is 5.75 Å². The Balaban J connectivity index is 1.95. The van der Waals surface area contributed by atoms with E-state index in [-0.39, 0.29) is 5.91 Å². The maximum absolute atomic E-state index is 12.0. The van der Waals surface area contributed by atoms with E-state index in [1.54, 1.807) is 19.1 Å². The van der Waals surface area contributed by atoms with E-state index in [1.165, 1.54) is 23.1 Å². The molecule has 106 valence electrons. The lowest BCUT2D eigenvalue weighted by atomic mass is 10.3. The Labute approximate surface area is 133 Å². The molecule has 0 bridgehead atoms. The third kappa shape index (κ3) is 4.19. The van der Waals surface area contributed by atoms with Gasteiger partial charge in [0.25, 0.3) is 5.91 Å². The summed E-state index contributed by atoms with van der Waals surface area (Å²) >= 11 is 6.17. The molecular formula is C12H12BrN3O2S2. The fourth-order valence-electron chi connectivity index (χ4n) is 1.35. The molecule has 0 saturated heterocycles. The van der Waals surface area contributed by atoms with Crippen LogP contribution in [-0.4, -0.2) is 28.5 Å². The lowest BCUT2D eigenvalue weighted by Crippen LogP contribution is -2.30. The lowest BCUT2D eigenvalue weighted by molar-refractivity contribution is -0.122. The van der Waals surface area contributed by atoms with Crippen LogP contribution >= 0.6 is 39.0 Å². The van der Waals surface area contributed by atoms with E-state index in [0.29, 0.717) is 10.9 Å². The maximum Gasteiger partial charge on any atom is 0.266 e. The molecule has 1 amide bonds.